The maximum Gasteiger partial charge on any atom is 0.220 e. The van der Waals surface area contributed by atoms with Gasteiger partial charge in [-0.05, 0) is 6.07 Å². The Morgan fingerprint density at radius 1 is 1.27 bits per heavy atom. The summed E-state index contributed by atoms with van der Waals surface area (Å²) in [7, 11) is 0. The summed E-state index contributed by atoms with van der Waals surface area (Å²) in [6.07, 6.45) is 1.72. The zero-order valence-corrected chi connectivity index (χ0v) is 5.86. The molecule has 0 amide bonds. The molecule has 0 fully saturated rings. The van der Waals surface area contributed by atoms with E-state index in [-0.39, 0.29) is 1.43 Å². The van der Waals surface area contributed by atoms with E-state index in [2.05, 4.69) is 9.97 Å². The number of nitrogens with zero attached hydrogens (tertiary/aromatic N) is 2. The lowest BCUT2D eigenvalue weighted by molar-refractivity contribution is 1.24. The fourth-order valence-electron chi connectivity index (χ4n) is 0.986. The average Bonchev–Trinajstić information content (AvgIpc) is 2.04. The highest BCUT2D eigenvalue weighted by atomic mass is 15.0. The number of rotatable bonds is 0. The maximum atomic E-state index is 5.40. The molecule has 1 aromatic carbocycles. The van der Waals surface area contributed by atoms with Gasteiger partial charge in [0.15, 0.2) is 0 Å². The third-order valence-electron chi connectivity index (χ3n) is 1.51. The Bertz CT molecular complexity index is 389. The first-order chi connectivity index (χ1) is 5.36. The van der Waals surface area contributed by atoms with E-state index < -0.39 is 0 Å². The highest BCUT2D eigenvalue weighted by Gasteiger charge is 1.92. The Hall–Kier alpha value is -1.64. The summed E-state index contributed by atoms with van der Waals surface area (Å²) in [6.45, 7) is 0. The van der Waals surface area contributed by atoms with Crippen LogP contribution in [0.2, 0.25) is 0 Å². The lowest BCUT2D eigenvalue weighted by Crippen LogP contribution is -1.93. The number of fused-ring (bicyclic) bond motifs is 1. The van der Waals surface area contributed by atoms with Crippen molar-refractivity contribution in [1.29, 1.82) is 0 Å². The first kappa shape index (κ1) is 6.09. The summed E-state index contributed by atoms with van der Waals surface area (Å²) in [5.41, 5.74) is 6.29. The van der Waals surface area contributed by atoms with Gasteiger partial charge < -0.3 is 5.73 Å². The number of para-hydroxylation sites is 1. The number of nitrogens with two attached hydrogens (primary N) is 1. The molecule has 2 rings (SSSR count). The van der Waals surface area contributed by atoms with E-state index in [1.165, 1.54) is 0 Å². The van der Waals surface area contributed by atoms with Gasteiger partial charge in [-0.1, -0.05) is 18.2 Å². The van der Waals surface area contributed by atoms with Crippen LogP contribution in [0, 0.1) is 0 Å². The minimum absolute atomic E-state index is 0. The number of nitrogen functional groups attached to an aromatic ring is 1. The molecule has 0 atom stereocenters. The molecule has 0 aliphatic carbocycles. The van der Waals surface area contributed by atoms with E-state index in [4.69, 9.17) is 5.73 Å². The summed E-state index contributed by atoms with van der Waals surface area (Å²) in [4.78, 5) is 7.92. The van der Waals surface area contributed by atoms with Gasteiger partial charge in [0, 0.05) is 13.0 Å². The molecule has 0 spiro atoms. The molecule has 56 valence electrons. The lowest BCUT2D eigenvalue weighted by atomic mass is 10.2. The van der Waals surface area contributed by atoms with E-state index in [1.807, 2.05) is 24.3 Å². The standard InChI is InChI=1S/C8H7N3.H2/c9-8-10-5-6-3-1-2-4-7(6)11-8;/h1-5H,(H2,9,10,11);1H. The molecular weight excluding hydrogens is 138 g/mol. The van der Waals surface area contributed by atoms with Crippen molar-refractivity contribution >= 4 is 16.9 Å². The van der Waals surface area contributed by atoms with Gasteiger partial charge in [0.1, 0.15) is 0 Å². The highest BCUT2D eigenvalue weighted by molar-refractivity contribution is 5.78. The van der Waals surface area contributed by atoms with Gasteiger partial charge in [0.2, 0.25) is 5.95 Å². The SMILES string of the molecule is Nc1ncc2ccccc2n1.[HH]. The van der Waals surface area contributed by atoms with Gasteiger partial charge >= 0.3 is 0 Å². The Balaban J connectivity index is 0.000000720. The molecule has 0 radical (unpaired) electrons. The quantitative estimate of drug-likeness (QED) is 0.613. The summed E-state index contributed by atoms with van der Waals surface area (Å²) < 4.78 is 0. The van der Waals surface area contributed by atoms with Gasteiger partial charge in [0.05, 0.1) is 5.52 Å². The molecule has 0 aliphatic rings. The van der Waals surface area contributed by atoms with Crippen molar-refractivity contribution in [2.75, 3.05) is 5.73 Å². The first-order valence-corrected chi connectivity index (χ1v) is 3.33. The molecule has 11 heavy (non-hydrogen) atoms. The molecule has 1 aromatic heterocycles. The van der Waals surface area contributed by atoms with Gasteiger partial charge in [-0.25, -0.2) is 9.97 Å². The monoisotopic (exact) mass is 147 g/mol. The number of aromatic nitrogens is 2. The van der Waals surface area contributed by atoms with Crippen LogP contribution in [0.15, 0.2) is 30.5 Å². The Labute approximate surface area is 65.4 Å². The van der Waals surface area contributed by atoms with E-state index in [0.717, 1.165) is 10.9 Å². The maximum absolute atomic E-state index is 5.40. The predicted molar refractivity (Wildman–Crippen MR) is 46.1 cm³/mol. The molecule has 0 unspecified atom stereocenters. The van der Waals surface area contributed by atoms with Crippen LogP contribution in [0.5, 0.6) is 0 Å². The van der Waals surface area contributed by atoms with Gasteiger partial charge in [0.25, 0.3) is 0 Å². The number of hydrogen-bond acceptors (Lipinski definition) is 3. The third-order valence-corrected chi connectivity index (χ3v) is 1.51. The van der Waals surface area contributed by atoms with Crippen LogP contribution in [0.4, 0.5) is 5.95 Å². The van der Waals surface area contributed by atoms with E-state index in [1.54, 1.807) is 6.20 Å². The first-order valence-electron chi connectivity index (χ1n) is 3.33. The topological polar surface area (TPSA) is 51.8 Å². The molecule has 1 heterocycles. The fourth-order valence-corrected chi connectivity index (χ4v) is 0.986. The number of anilines is 1. The van der Waals surface area contributed by atoms with Crippen LogP contribution in [0.1, 0.15) is 1.43 Å². The Morgan fingerprint density at radius 2 is 2.09 bits per heavy atom. The molecule has 0 saturated heterocycles. The number of hydrogen-bond donors (Lipinski definition) is 1. The molecule has 0 bridgehead atoms. The molecule has 2 N–H and O–H groups in total. The lowest BCUT2D eigenvalue weighted by Gasteiger charge is -1.94. The molecule has 2 aromatic rings. The van der Waals surface area contributed by atoms with Crippen molar-refractivity contribution in [3.63, 3.8) is 0 Å². The second kappa shape index (κ2) is 2.20. The van der Waals surface area contributed by atoms with E-state index >= 15 is 0 Å². The minimum atomic E-state index is 0. The number of benzene rings is 1. The van der Waals surface area contributed by atoms with Crippen molar-refractivity contribution < 1.29 is 1.43 Å². The molecule has 3 heteroatoms. The third kappa shape index (κ3) is 1.00. The van der Waals surface area contributed by atoms with Crippen molar-refractivity contribution in [3.8, 4) is 0 Å². The minimum Gasteiger partial charge on any atom is -0.368 e. The van der Waals surface area contributed by atoms with Crippen LogP contribution in [-0.4, -0.2) is 9.97 Å². The zero-order chi connectivity index (χ0) is 7.68. The van der Waals surface area contributed by atoms with Crippen molar-refractivity contribution in [2.24, 2.45) is 0 Å². The summed E-state index contributed by atoms with van der Waals surface area (Å²) >= 11 is 0. The van der Waals surface area contributed by atoms with Crippen LogP contribution in [0.3, 0.4) is 0 Å². The summed E-state index contributed by atoms with van der Waals surface area (Å²) in [5, 5.41) is 1.02. The van der Waals surface area contributed by atoms with E-state index in [9.17, 15) is 0 Å². The normalized spacial score (nSPS) is 10.2. The van der Waals surface area contributed by atoms with E-state index in [0.29, 0.717) is 5.95 Å². The van der Waals surface area contributed by atoms with Crippen molar-refractivity contribution in [3.05, 3.63) is 30.5 Å². The summed E-state index contributed by atoms with van der Waals surface area (Å²) in [5.74, 6) is 0.323. The van der Waals surface area contributed by atoms with Gasteiger partial charge in [-0.2, -0.15) is 0 Å². The Morgan fingerprint density at radius 3 is 3.00 bits per heavy atom. The second-order valence-corrected chi connectivity index (χ2v) is 2.29. The summed E-state index contributed by atoms with van der Waals surface area (Å²) in [6, 6.07) is 7.73. The van der Waals surface area contributed by atoms with Crippen LogP contribution in [-0.2, 0) is 0 Å². The molecular formula is C8H9N3. The zero-order valence-electron chi connectivity index (χ0n) is 5.86. The second-order valence-electron chi connectivity index (χ2n) is 2.29. The largest absolute Gasteiger partial charge is 0.368 e. The molecule has 0 aliphatic heterocycles. The molecule has 0 saturated carbocycles. The average molecular weight is 147 g/mol. The van der Waals surface area contributed by atoms with Gasteiger partial charge in [-0.15, -0.1) is 0 Å². The van der Waals surface area contributed by atoms with Crippen molar-refractivity contribution in [1.82, 2.24) is 9.97 Å². The fraction of sp³-hybridized carbons (Fsp3) is 0. The highest BCUT2D eigenvalue weighted by Crippen LogP contribution is 2.09. The van der Waals surface area contributed by atoms with Crippen LogP contribution in [0.25, 0.3) is 10.9 Å². The van der Waals surface area contributed by atoms with Gasteiger partial charge in [-0.3, -0.25) is 0 Å². The predicted octanol–water partition coefficient (Wildman–Crippen LogP) is 1.46. The van der Waals surface area contributed by atoms with Crippen molar-refractivity contribution in [2.45, 2.75) is 0 Å². The van der Waals surface area contributed by atoms with Crippen LogP contribution >= 0.6 is 0 Å². The van der Waals surface area contributed by atoms with Crippen LogP contribution < -0.4 is 5.73 Å². The Kier molecular flexibility index (Phi) is 1.22. The molecule has 3 nitrogen and oxygen atoms in total. The smallest absolute Gasteiger partial charge is 0.220 e.